The first-order valence-electron chi connectivity index (χ1n) is 9.55. The minimum atomic E-state index is -0.418. The van der Waals surface area contributed by atoms with Crippen molar-refractivity contribution >= 4 is 35.2 Å². The molecule has 6 nitrogen and oxygen atoms in total. The molecule has 0 saturated carbocycles. The maximum absolute atomic E-state index is 12.6. The molecule has 1 aliphatic heterocycles. The molecule has 2 amide bonds. The van der Waals surface area contributed by atoms with Gasteiger partial charge < -0.3 is 20.1 Å². The average Bonchev–Trinajstić information content (AvgIpc) is 2.79. The highest BCUT2D eigenvalue weighted by atomic mass is 35.5. The Kier molecular flexibility index (Phi) is 5.91. The predicted octanol–water partition coefficient (Wildman–Crippen LogP) is 4.65. The Labute approximate surface area is 184 Å². The first kappa shape index (κ1) is 20.5. The largest absolute Gasteiger partial charge is 0.496 e. The molecule has 31 heavy (non-hydrogen) atoms. The predicted molar refractivity (Wildman–Crippen MR) is 119 cm³/mol. The Morgan fingerprint density at radius 3 is 2.71 bits per heavy atom. The van der Waals surface area contributed by atoms with Crippen LogP contribution in [-0.2, 0) is 11.3 Å². The molecule has 0 spiro atoms. The van der Waals surface area contributed by atoms with E-state index in [-0.39, 0.29) is 11.7 Å². The van der Waals surface area contributed by atoms with Crippen LogP contribution in [0.1, 0.15) is 21.5 Å². The number of para-hydroxylation sites is 1. The van der Waals surface area contributed by atoms with E-state index in [4.69, 9.17) is 21.1 Å². The number of benzene rings is 3. The number of ether oxygens (including phenoxy) is 2. The number of fused-ring (bicyclic) bond motifs is 1. The van der Waals surface area contributed by atoms with E-state index < -0.39 is 5.91 Å². The number of methoxy groups -OCH3 is 1. The van der Waals surface area contributed by atoms with Gasteiger partial charge in [0.2, 0.25) is 0 Å². The van der Waals surface area contributed by atoms with Crippen molar-refractivity contribution in [2.45, 2.75) is 6.54 Å². The summed E-state index contributed by atoms with van der Waals surface area (Å²) in [6.45, 7) is 0.313. The molecule has 3 aromatic carbocycles. The first-order chi connectivity index (χ1) is 15.0. The SMILES string of the molecule is COc1ccccc1CNC(=O)c1ccc2c(c1)NC(=O)C(=Cc1ccccc1Cl)O2. The van der Waals surface area contributed by atoms with Crippen LogP contribution < -0.4 is 20.1 Å². The highest BCUT2D eigenvalue weighted by molar-refractivity contribution is 6.32. The molecule has 0 radical (unpaired) electrons. The molecular formula is C24H19ClN2O4. The van der Waals surface area contributed by atoms with Crippen molar-refractivity contribution in [1.29, 1.82) is 0 Å². The Bertz CT molecular complexity index is 1190. The second-order valence-electron chi connectivity index (χ2n) is 6.79. The summed E-state index contributed by atoms with van der Waals surface area (Å²) in [5.41, 5.74) is 2.36. The van der Waals surface area contributed by atoms with Gasteiger partial charge in [-0.1, -0.05) is 48.0 Å². The van der Waals surface area contributed by atoms with Gasteiger partial charge in [-0.25, -0.2) is 0 Å². The molecule has 1 heterocycles. The van der Waals surface area contributed by atoms with E-state index in [0.29, 0.717) is 39.9 Å². The molecular weight excluding hydrogens is 416 g/mol. The number of hydrogen-bond acceptors (Lipinski definition) is 4. The molecule has 156 valence electrons. The Morgan fingerprint density at radius 1 is 1.13 bits per heavy atom. The number of anilines is 1. The van der Waals surface area contributed by atoms with Gasteiger partial charge in [-0.15, -0.1) is 0 Å². The molecule has 4 rings (SSSR count). The minimum absolute atomic E-state index is 0.119. The summed E-state index contributed by atoms with van der Waals surface area (Å²) in [6.07, 6.45) is 1.58. The lowest BCUT2D eigenvalue weighted by Crippen LogP contribution is -2.26. The molecule has 3 aromatic rings. The van der Waals surface area contributed by atoms with Gasteiger partial charge in [0.25, 0.3) is 11.8 Å². The van der Waals surface area contributed by atoms with Gasteiger partial charge in [0.05, 0.1) is 12.8 Å². The molecule has 1 aliphatic rings. The molecule has 0 fully saturated rings. The monoisotopic (exact) mass is 434 g/mol. The number of carbonyl (C=O) groups excluding carboxylic acids is 2. The third-order valence-electron chi connectivity index (χ3n) is 4.76. The zero-order valence-corrected chi connectivity index (χ0v) is 17.4. The summed E-state index contributed by atoms with van der Waals surface area (Å²) >= 11 is 6.16. The van der Waals surface area contributed by atoms with Crippen molar-refractivity contribution in [2.75, 3.05) is 12.4 Å². The minimum Gasteiger partial charge on any atom is -0.496 e. The highest BCUT2D eigenvalue weighted by Crippen LogP contribution is 2.33. The van der Waals surface area contributed by atoms with E-state index in [1.807, 2.05) is 36.4 Å². The summed E-state index contributed by atoms with van der Waals surface area (Å²) in [4.78, 5) is 25.1. The van der Waals surface area contributed by atoms with Crippen molar-refractivity contribution < 1.29 is 19.1 Å². The summed E-state index contributed by atoms with van der Waals surface area (Å²) in [7, 11) is 1.58. The molecule has 2 N–H and O–H groups in total. The van der Waals surface area contributed by atoms with Crippen LogP contribution in [0.2, 0.25) is 5.02 Å². The molecule has 0 atom stereocenters. The van der Waals surface area contributed by atoms with Crippen LogP contribution in [0.15, 0.2) is 72.5 Å². The summed E-state index contributed by atoms with van der Waals surface area (Å²) in [6, 6.07) is 19.5. The Morgan fingerprint density at radius 2 is 1.90 bits per heavy atom. The molecule has 0 unspecified atom stereocenters. The summed E-state index contributed by atoms with van der Waals surface area (Å²) in [5, 5.41) is 6.13. The van der Waals surface area contributed by atoms with Gasteiger partial charge >= 0.3 is 0 Å². The van der Waals surface area contributed by atoms with Gasteiger partial charge in [-0.2, -0.15) is 0 Å². The van der Waals surface area contributed by atoms with Crippen LogP contribution in [0, 0.1) is 0 Å². The number of rotatable bonds is 5. The number of nitrogens with one attached hydrogen (secondary N) is 2. The van der Waals surface area contributed by atoms with Crippen LogP contribution in [0.25, 0.3) is 6.08 Å². The smallest absolute Gasteiger partial charge is 0.291 e. The summed E-state index contributed by atoms with van der Waals surface area (Å²) < 4.78 is 11.0. The van der Waals surface area contributed by atoms with Gasteiger partial charge in [-0.3, -0.25) is 9.59 Å². The van der Waals surface area contributed by atoms with Crippen LogP contribution in [0.4, 0.5) is 5.69 Å². The molecule has 0 bridgehead atoms. The zero-order valence-electron chi connectivity index (χ0n) is 16.6. The normalized spacial score (nSPS) is 13.7. The lowest BCUT2D eigenvalue weighted by atomic mass is 10.1. The topological polar surface area (TPSA) is 76.7 Å². The fraction of sp³-hybridized carbons (Fsp3) is 0.0833. The molecule has 7 heteroatoms. The molecule has 0 aromatic heterocycles. The fourth-order valence-corrected chi connectivity index (χ4v) is 3.35. The van der Waals surface area contributed by atoms with Crippen LogP contribution in [0.5, 0.6) is 11.5 Å². The maximum Gasteiger partial charge on any atom is 0.291 e. The highest BCUT2D eigenvalue weighted by Gasteiger charge is 2.23. The van der Waals surface area contributed by atoms with Crippen molar-refractivity contribution in [3.05, 3.63) is 94.2 Å². The Balaban J connectivity index is 1.49. The van der Waals surface area contributed by atoms with E-state index in [9.17, 15) is 9.59 Å². The third-order valence-corrected chi connectivity index (χ3v) is 5.10. The standard InChI is InChI=1S/C24H19ClN2O4/c1-30-20-9-5-3-7-17(20)14-26-23(28)16-10-11-21-19(12-16)27-24(29)22(31-21)13-15-6-2-4-8-18(15)25/h2-13H,14H2,1H3,(H,26,28)(H,27,29). The van der Waals surface area contributed by atoms with Crippen molar-refractivity contribution in [2.24, 2.45) is 0 Å². The Hall–Kier alpha value is -3.77. The van der Waals surface area contributed by atoms with Crippen molar-refractivity contribution in [3.63, 3.8) is 0 Å². The van der Waals surface area contributed by atoms with Gasteiger partial charge in [0, 0.05) is 22.7 Å². The third kappa shape index (κ3) is 4.54. The summed E-state index contributed by atoms with van der Waals surface area (Å²) in [5.74, 6) is 0.569. The van der Waals surface area contributed by atoms with E-state index in [1.54, 1.807) is 43.5 Å². The van der Waals surface area contributed by atoms with E-state index in [0.717, 1.165) is 5.56 Å². The fourth-order valence-electron chi connectivity index (χ4n) is 3.16. The number of halogens is 1. The van der Waals surface area contributed by atoms with E-state index in [1.165, 1.54) is 0 Å². The number of carbonyl (C=O) groups is 2. The van der Waals surface area contributed by atoms with Gasteiger partial charge in [-0.05, 0) is 42.0 Å². The number of hydrogen-bond donors (Lipinski definition) is 2. The van der Waals surface area contributed by atoms with Gasteiger partial charge in [0.1, 0.15) is 5.75 Å². The zero-order chi connectivity index (χ0) is 21.8. The molecule has 0 aliphatic carbocycles. The second kappa shape index (κ2) is 8.93. The van der Waals surface area contributed by atoms with E-state index in [2.05, 4.69) is 10.6 Å². The molecule has 0 saturated heterocycles. The van der Waals surface area contributed by atoms with Crippen molar-refractivity contribution in [3.8, 4) is 11.5 Å². The van der Waals surface area contributed by atoms with Gasteiger partial charge in [0.15, 0.2) is 11.5 Å². The van der Waals surface area contributed by atoms with E-state index >= 15 is 0 Å². The quantitative estimate of drug-likeness (QED) is 0.573. The maximum atomic E-state index is 12.6. The average molecular weight is 435 g/mol. The first-order valence-corrected chi connectivity index (χ1v) is 9.92. The number of amides is 2. The van der Waals surface area contributed by atoms with Crippen LogP contribution >= 0.6 is 11.6 Å². The lowest BCUT2D eigenvalue weighted by Gasteiger charge is -2.20. The second-order valence-corrected chi connectivity index (χ2v) is 7.20. The lowest BCUT2D eigenvalue weighted by molar-refractivity contribution is -0.115. The van der Waals surface area contributed by atoms with Crippen LogP contribution in [0.3, 0.4) is 0 Å². The van der Waals surface area contributed by atoms with Crippen molar-refractivity contribution in [1.82, 2.24) is 5.32 Å². The van der Waals surface area contributed by atoms with Crippen LogP contribution in [-0.4, -0.2) is 18.9 Å².